The van der Waals surface area contributed by atoms with E-state index in [-0.39, 0.29) is 0 Å². The molecule has 0 unspecified atom stereocenters. The molecule has 3 rings (SSSR count). The highest BCUT2D eigenvalue weighted by molar-refractivity contribution is 7.94. The zero-order valence-corrected chi connectivity index (χ0v) is 12.2. The highest BCUT2D eigenvalue weighted by Gasteiger charge is 2.56. The van der Waals surface area contributed by atoms with Gasteiger partial charge in [-0.05, 0) is 37.0 Å². The van der Waals surface area contributed by atoms with Crippen LogP contribution in [0.25, 0.3) is 0 Å². The molecule has 0 radical (unpaired) electrons. The van der Waals surface area contributed by atoms with E-state index in [9.17, 15) is 8.42 Å². The lowest BCUT2D eigenvalue weighted by atomic mass is 10.1. The Morgan fingerprint density at radius 2 is 1.55 bits per heavy atom. The van der Waals surface area contributed by atoms with Crippen LogP contribution in [-0.2, 0) is 14.8 Å². The summed E-state index contributed by atoms with van der Waals surface area (Å²) < 4.78 is 27.5. The van der Waals surface area contributed by atoms with Gasteiger partial charge in [-0.3, -0.25) is 4.72 Å². The van der Waals surface area contributed by atoms with E-state index in [0.717, 1.165) is 11.1 Å². The predicted octanol–water partition coefficient (Wildman–Crippen LogP) is 3.43. The lowest BCUT2D eigenvalue weighted by Gasteiger charge is -2.19. The van der Waals surface area contributed by atoms with Gasteiger partial charge in [0.05, 0.1) is 5.69 Å². The molecule has 0 bridgehead atoms. The molecule has 0 aliphatic heterocycles. The summed E-state index contributed by atoms with van der Waals surface area (Å²) in [6.07, 6.45) is 1.36. The van der Waals surface area contributed by atoms with Crippen LogP contribution in [0.1, 0.15) is 24.0 Å². The molecule has 0 aromatic heterocycles. The summed E-state index contributed by atoms with van der Waals surface area (Å²) in [5, 5.41) is 0. The van der Waals surface area contributed by atoms with Crippen LogP contribution >= 0.6 is 0 Å². The average Bonchev–Trinajstić information content (AvgIpc) is 3.24. The number of sulfonamides is 1. The van der Waals surface area contributed by atoms with E-state index in [4.69, 9.17) is 0 Å². The number of anilines is 1. The molecule has 0 heterocycles. The zero-order chi connectivity index (χ0) is 14.2. The number of nitrogens with one attached hydrogen (secondary N) is 1. The topological polar surface area (TPSA) is 46.2 Å². The Balaban J connectivity index is 1.96. The highest BCUT2D eigenvalue weighted by atomic mass is 32.2. The molecule has 0 amide bonds. The van der Waals surface area contributed by atoms with E-state index < -0.39 is 14.8 Å². The minimum absolute atomic E-state index is 0.662. The molecule has 0 spiro atoms. The maximum Gasteiger partial charge on any atom is 0.242 e. The molecule has 0 atom stereocenters. The molecule has 1 aliphatic rings. The molecule has 104 valence electrons. The van der Waals surface area contributed by atoms with Crippen molar-refractivity contribution in [1.82, 2.24) is 0 Å². The molecule has 20 heavy (non-hydrogen) atoms. The Labute approximate surface area is 119 Å². The first kappa shape index (κ1) is 13.2. The molecule has 0 saturated heterocycles. The predicted molar refractivity (Wildman–Crippen MR) is 81.1 cm³/mol. The first-order valence-electron chi connectivity index (χ1n) is 6.69. The first-order chi connectivity index (χ1) is 9.55. The fourth-order valence-corrected chi connectivity index (χ4v) is 4.30. The third-order valence-corrected chi connectivity index (χ3v) is 6.07. The second-order valence-electron chi connectivity index (χ2n) is 5.28. The van der Waals surface area contributed by atoms with Crippen molar-refractivity contribution in [3.8, 4) is 0 Å². The van der Waals surface area contributed by atoms with Crippen LogP contribution in [0.3, 0.4) is 0 Å². The summed E-state index contributed by atoms with van der Waals surface area (Å²) >= 11 is 0. The summed E-state index contributed by atoms with van der Waals surface area (Å²) in [4.78, 5) is 0. The third-order valence-electron chi connectivity index (χ3n) is 3.91. The van der Waals surface area contributed by atoms with Gasteiger partial charge in [-0.1, -0.05) is 48.5 Å². The van der Waals surface area contributed by atoms with Crippen LogP contribution in [0.15, 0.2) is 54.6 Å². The summed E-state index contributed by atoms with van der Waals surface area (Å²) in [5.74, 6) is 0. The molecular formula is C16H17NO2S. The molecule has 3 nitrogen and oxygen atoms in total. The van der Waals surface area contributed by atoms with Crippen molar-refractivity contribution in [3.05, 3.63) is 65.7 Å². The SMILES string of the molecule is Cc1ccccc1NS(=O)(=O)C1(c2ccccc2)CC1. The highest BCUT2D eigenvalue weighted by Crippen LogP contribution is 2.53. The molecule has 2 aromatic carbocycles. The second kappa shape index (κ2) is 4.63. The number of aryl methyl sites for hydroxylation is 1. The monoisotopic (exact) mass is 287 g/mol. The number of rotatable bonds is 4. The Bertz CT molecular complexity index is 719. The zero-order valence-electron chi connectivity index (χ0n) is 11.3. The number of para-hydroxylation sites is 1. The number of hydrogen-bond donors (Lipinski definition) is 1. The lowest BCUT2D eigenvalue weighted by Crippen LogP contribution is -2.28. The third kappa shape index (κ3) is 2.10. The van der Waals surface area contributed by atoms with Crippen LogP contribution in [0.4, 0.5) is 5.69 Å². The van der Waals surface area contributed by atoms with Crippen molar-refractivity contribution >= 4 is 15.7 Å². The van der Waals surface area contributed by atoms with Crippen LogP contribution < -0.4 is 4.72 Å². The Hall–Kier alpha value is -1.81. The quantitative estimate of drug-likeness (QED) is 0.936. The van der Waals surface area contributed by atoms with E-state index >= 15 is 0 Å². The largest absolute Gasteiger partial charge is 0.283 e. The van der Waals surface area contributed by atoms with Gasteiger partial charge in [0.2, 0.25) is 10.0 Å². The summed E-state index contributed by atoms with van der Waals surface area (Å²) in [5.41, 5.74) is 2.47. The van der Waals surface area contributed by atoms with Gasteiger partial charge < -0.3 is 0 Å². The van der Waals surface area contributed by atoms with Gasteiger partial charge >= 0.3 is 0 Å². The van der Waals surface area contributed by atoms with Gasteiger partial charge in [-0.15, -0.1) is 0 Å². The van der Waals surface area contributed by atoms with Gasteiger partial charge in [-0.25, -0.2) is 8.42 Å². The van der Waals surface area contributed by atoms with Crippen LogP contribution in [0, 0.1) is 6.92 Å². The molecule has 4 heteroatoms. The van der Waals surface area contributed by atoms with Gasteiger partial charge in [0.15, 0.2) is 0 Å². The number of hydrogen-bond acceptors (Lipinski definition) is 2. The van der Waals surface area contributed by atoms with Gasteiger partial charge in [0, 0.05) is 0 Å². The van der Waals surface area contributed by atoms with Crippen LogP contribution in [0.5, 0.6) is 0 Å². The van der Waals surface area contributed by atoms with Crippen molar-refractivity contribution < 1.29 is 8.42 Å². The second-order valence-corrected chi connectivity index (χ2v) is 7.27. The molecule has 1 N–H and O–H groups in total. The first-order valence-corrected chi connectivity index (χ1v) is 8.17. The van der Waals surface area contributed by atoms with Crippen molar-refractivity contribution in [1.29, 1.82) is 0 Å². The van der Waals surface area contributed by atoms with Gasteiger partial charge in [0.1, 0.15) is 4.75 Å². The minimum atomic E-state index is -3.43. The van der Waals surface area contributed by atoms with E-state index in [1.165, 1.54) is 0 Å². The van der Waals surface area contributed by atoms with Crippen molar-refractivity contribution in [3.63, 3.8) is 0 Å². The Morgan fingerprint density at radius 3 is 2.15 bits per heavy atom. The maximum atomic E-state index is 12.7. The normalized spacial score (nSPS) is 16.6. The standard InChI is InChI=1S/C16H17NO2S/c1-13-7-5-6-10-15(13)17-20(18,19)16(11-12-16)14-8-3-2-4-9-14/h2-10,17H,11-12H2,1H3. The van der Waals surface area contributed by atoms with Crippen molar-refractivity contribution in [2.45, 2.75) is 24.5 Å². The number of benzene rings is 2. The lowest BCUT2D eigenvalue weighted by molar-refractivity contribution is 0.585. The fraction of sp³-hybridized carbons (Fsp3) is 0.250. The molecular weight excluding hydrogens is 270 g/mol. The van der Waals surface area contributed by atoms with E-state index in [1.54, 1.807) is 6.07 Å². The fourth-order valence-electron chi connectivity index (χ4n) is 2.50. The van der Waals surface area contributed by atoms with E-state index in [0.29, 0.717) is 18.5 Å². The summed E-state index contributed by atoms with van der Waals surface area (Å²) in [7, 11) is -3.43. The molecule has 1 fully saturated rings. The van der Waals surface area contributed by atoms with Crippen LogP contribution in [-0.4, -0.2) is 8.42 Å². The van der Waals surface area contributed by atoms with Gasteiger partial charge in [0.25, 0.3) is 0 Å². The Kier molecular flexibility index (Phi) is 3.05. The molecule has 1 saturated carbocycles. The van der Waals surface area contributed by atoms with Crippen molar-refractivity contribution in [2.24, 2.45) is 0 Å². The summed E-state index contributed by atoms with van der Waals surface area (Å²) in [6.45, 7) is 1.90. The average molecular weight is 287 g/mol. The maximum absolute atomic E-state index is 12.7. The summed E-state index contributed by atoms with van der Waals surface area (Å²) in [6, 6.07) is 16.9. The minimum Gasteiger partial charge on any atom is -0.283 e. The van der Waals surface area contributed by atoms with E-state index in [2.05, 4.69) is 4.72 Å². The van der Waals surface area contributed by atoms with E-state index in [1.807, 2.05) is 55.5 Å². The molecule has 2 aromatic rings. The van der Waals surface area contributed by atoms with Crippen molar-refractivity contribution in [2.75, 3.05) is 4.72 Å². The van der Waals surface area contributed by atoms with Crippen LogP contribution in [0.2, 0.25) is 0 Å². The van der Waals surface area contributed by atoms with Gasteiger partial charge in [-0.2, -0.15) is 0 Å². The Morgan fingerprint density at radius 1 is 0.950 bits per heavy atom. The smallest absolute Gasteiger partial charge is 0.242 e. The molecule has 1 aliphatic carbocycles.